The maximum atomic E-state index is 13.1. The molecular weight excluding hydrogens is 310 g/mol. The smallest absolute Gasteiger partial charge is 0.226 e. The zero-order valence-electron chi connectivity index (χ0n) is 14.7. The molecule has 0 spiro atoms. The maximum absolute atomic E-state index is 13.1. The Balaban J connectivity index is 1.69. The summed E-state index contributed by atoms with van der Waals surface area (Å²) in [5, 5.41) is 0. The van der Waals surface area contributed by atoms with Crippen LogP contribution in [0.3, 0.4) is 0 Å². The second kappa shape index (κ2) is 8.77. The van der Waals surface area contributed by atoms with E-state index in [4.69, 9.17) is 5.73 Å². The van der Waals surface area contributed by atoms with E-state index in [1.54, 1.807) is 6.20 Å². The number of benzene rings is 1. The quantitative estimate of drug-likeness (QED) is 0.881. The summed E-state index contributed by atoms with van der Waals surface area (Å²) in [5.41, 5.74) is 8.43. The summed E-state index contributed by atoms with van der Waals surface area (Å²) in [6.07, 6.45) is 8.34. The van der Waals surface area contributed by atoms with Crippen LogP contribution in [0.15, 0.2) is 54.9 Å². The predicted molar refractivity (Wildman–Crippen MR) is 99.7 cm³/mol. The van der Waals surface area contributed by atoms with Crippen molar-refractivity contribution in [1.82, 2.24) is 9.88 Å². The Morgan fingerprint density at radius 3 is 2.64 bits per heavy atom. The summed E-state index contributed by atoms with van der Waals surface area (Å²) in [4.78, 5) is 19.3. The molecule has 0 radical (unpaired) electrons. The van der Waals surface area contributed by atoms with Gasteiger partial charge in [0.1, 0.15) is 0 Å². The van der Waals surface area contributed by atoms with Crippen molar-refractivity contribution in [3.8, 4) is 0 Å². The molecule has 4 nitrogen and oxygen atoms in total. The Morgan fingerprint density at radius 2 is 1.92 bits per heavy atom. The Morgan fingerprint density at radius 1 is 1.12 bits per heavy atom. The van der Waals surface area contributed by atoms with Crippen LogP contribution in [0.2, 0.25) is 0 Å². The van der Waals surface area contributed by atoms with Crippen LogP contribution < -0.4 is 5.73 Å². The SMILES string of the molecule is N[C@H]1CCC[C@@H](C(=O)N(CCc2ccccc2)Cc2cccnc2)C1. The number of carbonyl (C=O) groups excluding carboxylic acids is 1. The molecule has 132 valence electrons. The lowest BCUT2D eigenvalue weighted by molar-refractivity contribution is -0.137. The molecule has 0 bridgehead atoms. The van der Waals surface area contributed by atoms with Gasteiger partial charge in [-0.25, -0.2) is 0 Å². The molecule has 1 saturated carbocycles. The Kier molecular flexibility index (Phi) is 6.18. The van der Waals surface area contributed by atoms with E-state index in [-0.39, 0.29) is 17.9 Å². The Labute approximate surface area is 150 Å². The van der Waals surface area contributed by atoms with Crippen LogP contribution in [0.25, 0.3) is 0 Å². The number of rotatable bonds is 6. The third-order valence-corrected chi connectivity index (χ3v) is 4.99. The van der Waals surface area contributed by atoms with Crippen LogP contribution in [0.1, 0.15) is 36.8 Å². The van der Waals surface area contributed by atoms with Gasteiger partial charge in [-0.15, -0.1) is 0 Å². The minimum atomic E-state index is 0.0659. The molecule has 1 fully saturated rings. The zero-order valence-corrected chi connectivity index (χ0v) is 14.7. The number of nitrogens with zero attached hydrogens (tertiary/aromatic N) is 2. The molecule has 25 heavy (non-hydrogen) atoms. The highest BCUT2D eigenvalue weighted by atomic mass is 16.2. The number of amides is 1. The average Bonchev–Trinajstić information content (AvgIpc) is 2.66. The van der Waals surface area contributed by atoms with Crippen LogP contribution in [0.5, 0.6) is 0 Å². The molecule has 2 N–H and O–H groups in total. The van der Waals surface area contributed by atoms with Crippen molar-refractivity contribution in [1.29, 1.82) is 0 Å². The highest BCUT2D eigenvalue weighted by Crippen LogP contribution is 2.25. The molecule has 0 unspecified atom stereocenters. The van der Waals surface area contributed by atoms with Gasteiger partial charge in [0.05, 0.1) is 0 Å². The number of carbonyl (C=O) groups is 1. The fraction of sp³-hybridized carbons (Fsp3) is 0.429. The van der Waals surface area contributed by atoms with Gasteiger partial charge in [0.15, 0.2) is 0 Å². The number of hydrogen-bond donors (Lipinski definition) is 1. The van der Waals surface area contributed by atoms with Crippen LogP contribution >= 0.6 is 0 Å². The van der Waals surface area contributed by atoms with Gasteiger partial charge >= 0.3 is 0 Å². The van der Waals surface area contributed by atoms with Gasteiger partial charge in [-0.2, -0.15) is 0 Å². The largest absolute Gasteiger partial charge is 0.338 e. The third-order valence-electron chi connectivity index (χ3n) is 4.99. The molecule has 1 aliphatic carbocycles. The van der Waals surface area contributed by atoms with Crippen LogP contribution in [0.4, 0.5) is 0 Å². The summed E-state index contributed by atoms with van der Waals surface area (Å²) in [5.74, 6) is 0.311. The molecule has 1 amide bonds. The van der Waals surface area contributed by atoms with Crippen molar-refractivity contribution in [3.63, 3.8) is 0 Å². The first-order valence-electron chi connectivity index (χ1n) is 9.19. The molecule has 4 heteroatoms. The summed E-state index contributed by atoms with van der Waals surface area (Å²) in [7, 11) is 0. The van der Waals surface area contributed by atoms with Crippen molar-refractivity contribution in [2.24, 2.45) is 11.7 Å². The second-order valence-electron chi connectivity index (χ2n) is 6.98. The normalized spacial score (nSPS) is 20.2. The first-order valence-corrected chi connectivity index (χ1v) is 9.19. The zero-order chi connectivity index (χ0) is 17.5. The van der Waals surface area contributed by atoms with Crippen LogP contribution in [-0.2, 0) is 17.8 Å². The van der Waals surface area contributed by atoms with E-state index in [1.807, 2.05) is 41.4 Å². The van der Waals surface area contributed by atoms with E-state index in [0.717, 1.165) is 44.2 Å². The molecule has 1 aromatic carbocycles. The monoisotopic (exact) mass is 337 g/mol. The van der Waals surface area contributed by atoms with Crippen molar-refractivity contribution in [2.45, 2.75) is 44.7 Å². The van der Waals surface area contributed by atoms with Crippen molar-refractivity contribution in [3.05, 3.63) is 66.0 Å². The number of hydrogen-bond acceptors (Lipinski definition) is 3. The lowest BCUT2D eigenvalue weighted by atomic mass is 9.85. The molecule has 1 heterocycles. The second-order valence-corrected chi connectivity index (χ2v) is 6.98. The van der Waals surface area contributed by atoms with Gasteiger partial charge in [0, 0.05) is 37.4 Å². The Bertz CT molecular complexity index is 659. The fourth-order valence-corrected chi connectivity index (χ4v) is 3.60. The molecule has 1 aliphatic rings. The molecular formula is C21H27N3O. The fourth-order valence-electron chi connectivity index (χ4n) is 3.60. The van der Waals surface area contributed by atoms with Crippen molar-refractivity contribution in [2.75, 3.05) is 6.54 Å². The van der Waals surface area contributed by atoms with Crippen LogP contribution in [0, 0.1) is 5.92 Å². The number of pyridine rings is 1. The van der Waals surface area contributed by atoms with E-state index in [1.165, 1.54) is 5.56 Å². The summed E-state index contributed by atoms with van der Waals surface area (Å²) < 4.78 is 0. The van der Waals surface area contributed by atoms with Gasteiger partial charge < -0.3 is 10.6 Å². The average molecular weight is 337 g/mol. The van der Waals surface area contributed by atoms with Gasteiger partial charge in [-0.05, 0) is 42.9 Å². The van der Waals surface area contributed by atoms with E-state index in [2.05, 4.69) is 17.1 Å². The van der Waals surface area contributed by atoms with E-state index < -0.39 is 0 Å². The molecule has 0 saturated heterocycles. The first-order chi connectivity index (χ1) is 12.2. The molecule has 2 atom stereocenters. The van der Waals surface area contributed by atoms with E-state index in [0.29, 0.717) is 6.54 Å². The van der Waals surface area contributed by atoms with E-state index >= 15 is 0 Å². The summed E-state index contributed by atoms with van der Waals surface area (Å²) >= 11 is 0. The highest BCUT2D eigenvalue weighted by Gasteiger charge is 2.29. The standard InChI is InChI=1S/C21H27N3O/c22-20-10-4-9-19(14-20)21(25)24(16-18-8-5-12-23-15-18)13-11-17-6-2-1-3-7-17/h1-3,5-8,12,15,19-20H,4,9-11,13-14,16,22H2/t19-,20+/m1/s1. The summed E-state index contributed by atoms with van der Waals surface area (Å²) in [6, 6.07) is 14.5. The minimum Gasteiger partial charge on any atom is -0.338 e. The first kappa shape index (κ1) is 17.6. The molecule has 2 aromatic rings. The predicted octanol–water partition coefficient (Wildman–Crippen LogP) is 3.17. The van der Waals surface area contributed by atoms with E-state index in [9.17, 15) is 4.79 Å². The van der Waals surface area contributed by atoms with Crippen molar-refractivity contribution >= 4 is 5.91 Å². The van der Waals surface area contributed by atoms with Gasteiger partial charge in [0.25, 0.3) is 0 Å². The lowest BCUT2D eigenvalue weighted by Gasteiger charge is -2.31. The third kappa shape index (κ3) is 5.13. The van der Waals surface area contributed by atoms with Gasteiger partial charge in [0.2, 0.25) is 5.91 Å². The van der Waals surface area contributed by atoms with Gasteiger partial charge in [-0.3, -0.25) is 9.78 Å². The highest BCUT2D eigenvalue weighted by molar-refractivity contribution is 5.79. The van der Waals surface area contributed by atoms with Crippen molar-refractivity contribution < 1.29 is 4.79 Å². The minimum absolute atomic E-state index is 0.0659. The molecule has 3 rings (SSSR count). The van der Waals surface area contributed by atoms with Crippen LogP contribution in [-0.4, -0.2) is 28.4 Å². The molecule has 0 aliphatic heterocycles. The Hall–Kier alpha value is -2.20. The lowest BCUT2D eigenvalue weighted by Crippen LogP contribution is -2.41. The maximum Gasteiger partial charge on any atom is 0.226 e. The number of nitrogens with two attached hydrogens (primary N) is 1. The number of aromatic nitrogens is 1. The topological polar surface area (TPSA) is 59.2 Å². The van der Waals surface area contributed by atoms with Gasteiger partial charge in [-0.1, -0.05) is 42.8 Å². The molecule has 1 aromatic heterocycles. The summed E-state index contributed by atoms with van der Waals surface area (Å²) in [6.45, 7) is 1.34.